The van der Waals surface area contributed by atoms with Crippen LogP contribution in [-0.4, -0.2) is 28.3 Å². The van der Waals surface area contributed by atoms with Gasteiger partial charge in [-0.05, 0) is 58.4 Å². The van der Waals surface area contributed by atoms with E-state index >= 15 is 0 Å². The van der Waals surface area contributed by atoms with Crippen molar-refractivity contribution in [1.29, 1.82) is 0 Å². The standard InChI is InChI=1S/C15H12BrN3O4/c16-13-7-12(20)6-5-11(13)8-17-18-14(21)9-1-3-10(4-2-9)15(22)19-23/h1-8,20,23H,(H,18,21)(H,19,22)/b17-8+. The van der Waals surface area contributed by atoms with Crippen molar-refractivity contribution >= 4 is 34.0 Å². The molecule has 118 valence electrons. The number of hydrogen-bond donors (Lipinski definition) is 4. The molecule has 0 saturated carbocycles. The number of hydrazone groups is 1. The zero-order chi connectivity index (χ0) is 16.8. The van der Waals surface area contributed by atoms with Crippen LogP contribution in [0.3, 0.4) is 0 Å². The van der Waals surface area contributed by atoms with Crippen LogP contribution < -0.4 is 10.9 Å². The van der Waals surface area contributed by atoms with Crippen molar-refractivity contribution in [2.24, 2.45) is 5.10 Å². The van der Waals surface area contributed by atoms with E-state index in [1.54, 1.807) is 6.07 Å². The second-order valence-electron chi connectivity index (χ2n) is 4.42. The number of nitrogens with one attached hydrogen (secondary N) is 2. The predicted molar refractivity (Wildman–Crippen MR) is 86.6 cm³/mol. The lowest BCUT2D eigenvalue weighted by atomic mass is 10.1. The van der Waals surface area contributed by atoms with Crippen LogP contribution in [0.4, 0.5) is 0 Å². The number of aromatic hydroxyl groups is 1. The lowest BCUT2D eigenvalue weighted by Crippen LogP contribution is -2.20. The Balaban J connectivity index is 2.01. The summed E-state index contributed by atoms with van der Waals surface area (Å²) in [6.07, 6.45) is 1.43. The molecule has 0 aromatic heterocycles. The summed E-state index contributed by atoms with van der Waals surface area (Å²) in [5, 5.41) is 21.6. The van der Waals surface area contributed by atoms with Gasteiger partial charge in [-0.25, -0.2) is 10.9 Å². The third kappa shape index (κ3) is 4.38. The van der Waals surface area contributed by atoms with Gasteiger partial charge in [0, 0.05) is 21.2 Å². The molecule has 2 aromatic carbocycles. The highest BCUT2D eigenvalue weighted by molar-refractivity contribution is 9.10. The van der Waals surface area contributed by atoms with E-state index in [9.17, 15) is 14.7 Å². The molecule has 0 spiro atoms. The molecular weight excluding hydrogens is 366 g/mol. The summed E-state index contributed by atoms with van der Waals surface area (Å²) in [6.45, 7) is 0. The van der Waals surface area contributed by atoms with Crippen LogP contribution in [0.1, 0.15) is 26.3 Å². The highest BCUT2D eigenvalue weighted by Crippen LogP contribution is 2.20. The van der Waals surface area contributed by atoms with Crippen molar-refractivity contribution in [3.05, 3.63) is 63.6 Å². The first-order chi connectivity index (χ1) is 11.0. The Bertz CT molecular complexity index is 760. The van der Waals surface area contributed by atoms with Crippen LogP contribution >= 0.6 is 15.9 Å². The molecule has 2 amide bonds. The van der Waals surface area contributed by atoms with Crippen molar-refractivity contribution in [2.75, 3.05) is 0 Å². The molecule has 23 heavy (non-hydrogen) atoms. The Hall–Kier alpha value is -2.71. The first-order valence-corrected chi connectivity index (χ1v) is 7.17. The second-order valence-corrected chi connectivity index (χ2v) is 5.28. The molecule has 0 atom stereocenters. The smallest absolute Gasteiger partial charge is 0.274 e. The summed E-state index contributed by atoms with van der Waals surface area (Å²) in [4.78, 5) is 23.1. The largest absolute Gasteiger partial charge is 0.508 e. The minimum absolute atomic E-state index is 0.116. The van der Waals surface area contributed by atoms with Gasteiger partial charge in [0.15, 0.2) is 0 Å². The first-order valence-electron chi connectivity index (χ1n) is 6.37. The predicted octanol–water partition coefficient (Wildman–Crippen LogP) is 2.04. The van der Waals surface area contributed by atoms with Crippen LogP contribution in [0.15, 0.2) is 52.0 Å². The average Bonchev–Trinajstić information content (AvgIpc) is 2.56. The molecule has 7 nitrogen and oxygen atoms in total. The van der Waals surface area contributed by atoms with Gasteiger partial charge >= 0.3 is 0 Å². The summed E-state index contributed by atoms with van der Waals surface area (Å²) in [7, 11) is 0. The van der Waals surface area contributed by atoms with Gasteiger partial charge in [0.1, 0.15) is 5.75 Å². The fourth-order valence-corrected chi connectivity index (χ4v) is 2.15. The Morgan fingerprint density at radius 2 is 1.65 bits per heavy atom. The summed E-state index contributed by atoms with van der Waals surface area (Å²) in [5.74, 6) is -0.996. The van der Waals surface area contributed by atoms with E-state index in [-0.39, 0.29) is 11.3 Å². The van der Waals surface area contributed by atoms with Gasteiger partial charge in [0.2, 0.25) is 0 Å². The second kappa shape index (κ2) is 7.52. The number of hydrogen-bond acceptors (Lipinski definition) is 5. The van der Waals surface area contributed by atoms with E-state index < -0.39 is 11.8 Å². The fourth-order valence-electron chi connectivity index (χ4n) is 1.68. The Morgan fingerprint density at radius 1 is 1.04 bits per heavy atom. The maximum absolute atomic E-state index is 11.9. The van der Waals surface area contributed by atoms with E-state index in [4.69, 9.17) is 5.21 Å². The van der Waals surface area contributed by atoms with E-state index in [2.05, 4.69) is 26.5 Å². The third-order valence-electron chi connectivity index (χ3n) is 2.86. The minimum Gasteiger partial charge on any atom is -0.508 e. The minimum atomic E-state index is -0.660. The average molecular weight is 378 g/mol. The number of benzene rings is 2. The van der Waals surface area contributed by atoms with Crippen LogP contribution in [-0.2, 0) is 0 Å². The van der Waals surface area contributed by atoms with Crippen molar-refractivity contribution in [3.63, 3.8) is 0 Å². The highest BCUT2D eigenvalue weighted by atomic mass is 79.9. The topological polar surface area (TPSA) is 111 Å². The van der Waals surface area contributed by atoms with E-state index in [1.165, 1.54) is 48.1 Å². The molecule has 0 bridgehead atoms. The maximum atomic E-state index is 11.9. The normalized spacial score (nSPS) is 10.5. The summed E-state index contributed by atoms with van der Waals surface area (Å²) in [5.41, 5.74) is 5.06. The number of amides is 2. The maximum Gasteiger partial charge on any atom is 0.274 e. The van der Waals surface area contributed by atoms with Gasteiger partial charge in [-0.3, -0.25) is 14.8 Å². The molecular formula is C15H12BrN3O4. The Labute approximate surface area is 139 Å². The lowest BCUT2D eigenvalue weighted by molar-refractivity contribution is 0.0706. The van der Waals surface area contributed by atoms with Gasteiger partial charge in [0.05, 0.1) is 6.21 Å². The Kier molecular flexibility index (Phi) is 5.45. The molecule has 0 unspecified atom stereocenters. The zero-order valence-electron chi connectivity index (χ0n) is 11.7. The number of nitrogens with zero attached hydrogens (tertiary/aromatic N) is 1. The van der Waals surface area contributed by atoms with Crippen molar-refractivity contribution < 1.29 is 19.9 Å². The van der Waals surface area contributed by atoms with Crippen molar-refractivity contribution in [3.8, 4) is 5.75 Å². The van der Waals surface area contributed by atoms with E-state index in [0.29, 0.717) is 15.6 Å². The highest BCUT2D eigenvalue weighted by Gasteiger charge is 2.07. The van der Waals surface area contributed by atoms with Gasteiger partial charge < -0.3 is 5.11 Å². The first kappa shape index (κ1) is 16.7. The number of carbonyl (C=O) groups excluding carboxylic acids is 2. The molecule has 4 N–H and O–H groups in total. The van der Waals surface area contributed by atoms with E-state index in [0.717, 1.165) is 0 Å². The lowest BCUT2D eigenvalue weighted by Gasteiger charge is -2.02. The van der Waals surface area contributed by atoms with Crippen molar-refractivity contribution in [2.45, 2.75) is 0 Å². The molecule has 0 aliphatic carbocycles. The van der Waals surface area contributed by atoms with Crippen LogP contribution in [0.5, 0.6) is 5.75 Å². The quantitative estimate of drug-likeness (QED) is 0.371. The number of phenols is 1. The van der Waals surface area contributed by atoms with Gasteiger partial charge in [-0.15, -0.1) is 0 Å². The summed E-state index contributed by atoms with van der Waals surface area (Å²) < 4.78 is 0.634. The van der Waals surface area contributed by atoms with Crippen LogP contribution in [0.2, 0.25) is 0 Å². The summed E-state index contributed by atoms with van der Waals surface area (Å²) >= 11 is 3.27. The number of phenolic OH excluding ortho intramolecular Hbond substituents is 1. The Morgan fingerprint density at radius 3 is 2.22 bits per heavy atom. The molecule has 0 radical (unpaired) electrons. The monoisotopic (exact) mass is 377 g/mol. The molecule has 0 aliphatic rings. The number of halogens is 1. The molecule has 0 fully saturated rings. The summed E-state index contributed by atoms with van der Waals surface area (Å²) in [6, 6.07) is 10.3. The van der Waals surface area contributed by atoms with E-state index in [1.807, 2.05) is 0 Å². The molecule has 8 heteroatoms. The molecule has 0 aliphatic heterocycles. The van der Waals surface area contributed by atoms with Crippen molar-refractivity contribution in [1.82, 2.24) is 10.9 Å². The number of carbonyl (C=O) groups is 2. The van der Waals surface area contributed by atoms with Gasteiger partial charge in [-0.1, -0.05) is 0 Å². The van der Waals surface area contributed by atoms with Gasteiger partial charge in [-0.2, -0.15) is 5.10 Å². The zero-order valence-corrected chi connectivity index (χ0v) is 13.2. The SMILES string of the molecule is O=C(NO)c1ccc(C(=O)N/N=C/c2ccc(O)cc2Br)cc1. The molecule has 2 aromatic rings. The molecule has 0 saturated heterocycles. The number of rotatable bonds is 4. The fraction of sp³-hybridized carbons (Fsp3) is 0. The molecule has 0 heterocycles. The van der Waals surface area contributed by atoms with Gasteiger partial charge in [0.25, 0.3) is 11.8 Å². The van der Waals surface area contributed by atoms with Crippen LogP contribution in [0.25, 0.3) is 0 Å². The van der Waals surface area contributed by atoms with Crippen LogP contribution in [0, 0.1) is 0 Å². The number of hydroxylamine groups is 1. The third-order valence-corrected chi connectivity index (χ3v) is 3.55. The molecule has 2 rings (SSSR count).